The molecule has 54 heavy (non-hydrogen) atoms. The van der Waals surface area contributed by atoms with Crippen molar-refractivity contribution in [1.82, 2.24) is 15.0 Å². The standard InChI is InChI=1S/C41H45FN6O5Si/c1-26-38(54(3,4)42)37(19-20-47-24-35(45-46-47)33(25-49)28-10-6-5-7-11-28)53-41(26)34-22-32(52-2)17-18-36(34)48(40(41)51)23-27-9-8-12-31(21-27)44-39(50)29-13-15-30(43)16-14-29/h5-18,21-22,24,26,33,37-38,49H,19-20,23,25,43H2,1-4H3,(H,44,50)/t26-,33?,37+,38-,41+/m1/s1. The molecular weight excluding hydrogens is 704 g/mol. The molecule has 1 fully saturated rings. The number of aryl methyl sites for hydroxylation is 1. The van der Waals surface area contributed by atoms with E-state index in [0.29, 0.717) is 52.6 Å². The van der Waals surface area contributed by atoms with Crippen molar-refractivity contribution in [2.75, 3.05) is 29.7 Å². The summed E-state index contributed by atoms with van der Waals surface area (Å²) >= 11 is 0. The summed E-state index contributed by atoms with van der Waals surface area (Å²) in [4.78, 5) is 29.6. The number of nitrogens with two attached hydrogens (primary N) is 1. The molecule has 0 radical (unpaired) electrons. The van der Waals surface area contributed by atoms with Crippen LogP contribution < -0.4 is 20.7 Å². The number of halogens is 1. The van der Waals surface area contributed by atoms with Crippen molar-refractivity contribution in [1.29, 1.82) is 0 Å². The number of carbonyl (C=O) groups is 2. The fourth-order valence-electron chi connectivity index (χ4n) is 8.24. The van der Waals surface area contributed by atoms with Gasteiger partial charge >= 0.3 is 0 Å². The van der Waals surface area contributed by atoms with Crippen LogP contribution in [-0.2, 0) is 28.2 Å². The number of nitrogens with zero attached hydrogens (tertiary/aromatic N) is 4. The Kier molecular flexibility index (Phi) is 10.1. The monoisotopic (exact) mass is 748 g/mol. The van der Waals surface area contributed by atoms with E-state index in [9.17, 15) is 14.7 Å². The van der Waals surface area contributed by atoms with Gasteiger partial charge in [0.25, 0.3) is 11.8 Å². The number of hydrogen-bond donors (Lipinski definition) is 3. The second-order valence-electron chi connectivity index (χ2n) is 14.7. The highest BCUT2D eigenvalue weighted by molar-refractivity contribution is 6.72. The van der Waals surface area contributed by atoms with E-state index in [1.807, 2.05) is 73.8 Å². The Morgan fingerprint density at radius 3 is 2.54 bits per heavy atom. The van der Waals surface area contributed by atoms with Crippen molar-refractivity contribution >= 4 is 37.3 Å². The van der Waals surface area contributed by atoms with Crippen molar-refractivity contribution in [2.24, 2.45) is 5.92 Å². The Hall–Kier alpha value is -5.37. The van der Waals surface area contributed by atoms with E-state index in [1.165, 1.54) is 0 Å². The fraction of sp³-hybridized carbons (Fsp3) is 0.317. The molecule has 1 spiro atoms. The van der Waals surface area contributed by atoms with Crippen LogP contribution in [0.4, 0.5) is 21.2 Å². The van der Waals surface area contributed by atoms with Gasteiger partial charge in [-0.15, -0.1) is 5.10 Å². The van der Waals surface area contributed by atoms with Crippen molar-refractivity contribution in [3.8, 4) is 5.75 Å². The lowest BCUT2D eigenvalue weighted by atomic mass is 9.82. The van der Waals surface area contributed by atoms with Crippen LogP contribution in [0.5, 0.6) is 5.75 Å². The number of aliphatic hydroxyl groups excluding tert-OH is 1. The van der Waals surface area contributed by atoms with E-state index in [2.05, 4.69) is 15.6 Å². The number of nitrogen functional groups attached to an aromatic ring is 1. The van der Waals surface area contributed by atoms with E-state index in [0.717, 1.165) is 11.1 Å². The van der Waals surface area contributed by atoms with Crippen LogP contribution in [0.15, 0.2) is 103 Å². The van der Waals surface area contributed by atoms with Gasteiger partial charge in [0, 0.05) is 46.7 Å². The normalized spacial score (nSPS) is 21.3. The highest BCUT2D eigenvalue weighted by atomic mass is 28.4. The number of aromatic nitrogens is 3. The number of hydrogen-bond acceptors (Lipinski definition) is 8. The van der Waals surface area contributed by atoms with Gasteiger partial charge in [-0.25, -0.2) is 0 Å². The maximum absolute atomic E-state index is 16.5. The third kappa shape index (κ3) is 6.90. The molecule has 5 aromatic rings. The number of methoxy groups -OCH3 is 1. The zero-order valence-corrected chi connectivity index (χ0v) is 31.8. The van der Waals surface area contributed by atoms with Crippen LogP contribution >= 0.6 is 0 Å². The second-order valence-corrected chi connectivity index (χ2v) is 18.5. The Labute approximate surface area is 315 Å². The van der Waals surface area contributed by atoms with Crippen LogP contribution in [0.2, 0.25) is 18.6 Å². The lowest BCUT2D eigenvalue weighted by molar-refractivity contribution is -0.146. The SMILES string of the molecule is COc1ccc2c(c1)[C@]1(O[C@@H](CCn3cc(C(CO)c4ccccc4)nn3)[C@H]([Si](C)(C)F)[C@H]1C)C(=O)N2Cc1cccc(NC(=O)c2ccc(N)cc2)c1. The molecule has 1 aromatic heterocycles. The van der Waals surface area contributed by atoms with Crippen LogP contribution in [0.3, 0.4) is 0 Å². The molecule has 7 rings (SSSR count). The minimum Gasteiger partial charge on any atom is -0.497 e. The number of amides is 2. The van der Waals surface area contributed by atoms with Gasteiger partial charge < -0.3 is 34.6 Å². The lowest BCUT2D eigenvalue weighted by Gasteiger charge is -2.31. The van der Waals surface area contributed by atoms with E-state index >= 15 is 4.11 Å². The quantitative estimate of drug-likeness (QED) is 0.0731. The number of carbonyl (C=O) groups excluding carboxylic acids is 2. The first-order valence-corrected chi connectivity index (χ1v) is 21.1. The molecule has 2 amide bonds. The predicted molar refractivity (Wildman–Crippen MR) is 207 cm³/mol. The third-order valence-electron chi connectivity index (χ3n) is 10.8. The lowest BCUT2D eigenvalue weighted by Crippen LogP contribution is -2.45. The molecule has 5 atom stereocenters. The average Bonchev–Trinajstić information content (AvgIpc) is 3.82. The highest BCUT2D eigenvalue weighted by Crippen LogP contribution is 2.60. The van der Waals surface area contributed by atoms with E-state index in [-0.39, 0.29) is 30.9 Å². The maximum Gasteiger partial charge on any atom is 0.264 e. The molecule has 0 saturated carbocycles. The summed E-state index contributed by atoms with van der Waals surface area (Å²) in [6.07, 6.45) is 1.62. The van der Waals surface area contributed by atoms with Gasteiger partial charge in [0.15, 0.2) is 5.60 Å². The van der Waals surface area contributed by atoms with Crippen molar-refractivity contribution < 1.29 is 28.3 Å². The number of fused-ring (bicyclic) bond motifs is 2. The third-order valence-corrected chi connectivity index (χ3v) is 13.3. The number of nitrogens with one attached hydrogen (secondary N) is 1. The number of ether oxygens (including phenoxy) is 2. The summed E-state index contributed by atoms with van der Waals surface area (Å²) in [5.41, 5.74) is 9.11. The van der Waals surface area contributed by atoms with Gasteiger partial charge in [-0.2, -0.15) is 0 Å². The van der Waals surface area contributed by atoms with E-state index in [4.69, 9.17) is 15.2 Å². The van der Waals surface area contributed by atoms with Gasteiger partial charge in [0.2, 0.25) is 8.41 Å². The van der Waals surface area contributed by atoms with Crippen molar-refractivity contribution in [3.05, 3.63) is 131 Å². The number of anilines is 3. The smallest absolute Gasteiger partial charge is 0.264 e. The van der Waals surface area contributed by atoms with E-state index < -0.39 is 31.6 Å². The molecule has 0 bridgehead atoms. The molecule has 11 nitrogen and oxygen atoms in total. The highest BCUT2D eigenvalue weighted by Gasteiger charge is 2.66. The Morgan fingerprint density at radius 1 is 1.07 bits per heavy atom. The Morgan fingerprint density at radius 2 is 1.83 bits per heavy atom. The molecule has 1 unspecified atom stereocenters. The summed E-state index contributed by atoms with van der Waals surface area (Å²) < 4.78 is 30.8. The Bertz CT molecular complexity index is 2140. The molecule has 4 N–H and O–H groups in total. The van der Waals surface area contributed by atoms with Crippen LogP contribution in [-0.4, -0.2) is 60.1 Å². The van der Waals surface area contributed by atoms with Crippen LogP contribution in [0, 0.1) is 5.92 Å². The Balaban J connectivity index is 1.16. The molecule has 13 heteroatoms. The molecule has 2 aliphatic heterocycles. The summed E-state index contributed by atoms with van der Waals surface area (Å²) in [6, 6.07) is 29.2. The predicted octanol–water partition coefficient (Wildman–Crippen LogP) is 6.66. The molecular formula is C41H45FN6O5Si. The molecule has 4 aromatic carbocycles. The number of rotatable bonds is 12. The first kappa shape index (κ1) is 37.0. The summed E-state index contributed by atoms with van der Waals surface area (Å²) in [7, 11) is -1.85. The fourth-order valence-corrected chi connectivity index (χ4v) is 10.8. The zero-order chi connectivity index (χ0) is 38.2. The summed E-state index contributed by atoms with van der Waals surface area (Å²) in [5, 5.41) is 21.8. The summed E-state index contributed by atoms with van der Waals surface area (Å²) in [5.74, 6) is -0.807. The first-order chi connectivity index (χ1) is 25.9. The van der Waals surface area contributed by atoms with E-state index in [1.54, 1.807) is 66.2 Å². The number of benzene rings is 4. The number of aliphatic hydroxyl groups is 1. The minimum absolute atomic E-state index is 0.123. The van der Waals surface area contributed by atoms with Gasteiger partial charge in [-0.3, -0.25) is 14.3 Å². The van der Waals surface area contributed by atoms with Crippen LogP contribution in [0.1, 0.15) is 52.0 Å². The summed E-state index contributed by atoms with van der Waals surface area (Å²) in [6.45, 7) is 5.74. The largest absolute Gasteiger partial charge is 0.497 e. The molecule has 3 heterocycles. The van der Waals surface area contributed by atoms with Gasteiger partial charge in [0.1, 0.15) is 5.75 Å². The van der Waals surface area contributed by atoms with Gasteiger partial charge in [0.05, 0.1) is 43.7 Å². The van der Waals surface area contributed by atoms with Crippen LogP contribution in [0.25, 0.3) is 0 Å². The zero-order valence-electron chi connectivity index (χ0n) is 30.8. The second kappa shape index (κ2) is 14.8. The first-order valence-electron chi connectivity index (χ1n) is 18.1. The molecule has 1 saturated heterocycles. The molecule has 2 aliphatic rings. The topological polar surface area (TPSA) is 145 Å². The molecule has 0 aliphatic carbocycles. The maximum atomic E-state index is 16.5. The molecule has 280 valence electrons. The van der Waals surface area contributed by atoms with Crippen molar-refractivity contribution in [3.63, 3.8) is 0 Å². The minimum atomic E-state index is -3.42. The van der Waals surface area contributed by atoms with Crippen molar-refractivity contribution in [2.45, 2.75) is 62.7 Å². The van der Waals surface area contributed by atoms with Gasteiger partial charge in [-0.05, 0) is 85.2 Å². The average molecular weight is 749 g/mol. The van der Waals surface area contributed by atoms with Gasteiger partial charge in [-0.1, -0.05) is 54.6 Å².